The molecule has 0 heteroatoms. The molecule has 124 valence electrons. The van der Waals surface area contributed by atoms with E-state index < -0.39 is 0 Å². The van der Waals surface area contributed by atoms with Crippen molar-refractivity contribution in [3.05, 3.63) is 17.9 Å². The molecule has 0 heterocycles. The van der Waals surface area contributed by atoms with E-state index in [2.05, 4.69) is 26.2 Å². The van der Waals surface area contributed by atoms with Crippen molar-refractivity contribution in [1.82, 2.24) is 0 Å². The van der Waals surface area contributed by atoms with Gasteiger partial charge in [-0.1, -0.05) is 97.5 Å². The molecular formula is C21H40. The molecule has 0 saturated heterocycles. The van der Waals surface area contributed by atoms with Gasteiger partial charge in [0.2, 0.25) is 0 Å². The summed E-state index contributed by atoms with van der Waals surface area (Å²) in [7, 11) is 0. The summed E-state index contributed by atoms with van der Waals surface area (Å²) in [5.74, 6) is 0. The predicted octanol–water partition coefficient (Wildman–Crippen LogP) is 7.98. The van der Waals surface area contributed by atoms with E-state index >= 15 is 0 Å². The second kappa shape index (κ2) is 17.6. The molecule has 0 amide bonds. The highest BCUT2D eigenvalue weighted by Gasteiger charge is 1.98. The average Bonchev–Trinajstić information content (AvgIpc) is 2.51. The van der Waals surface area contributed by atoms with Crippen molar-refractivity contribution in [3.8, 4) is 0 Å². The van der Waals surface area contributed by atoms with Crippen LogP contribution in [0.4, 0.5) is 0 Å². The van der Waals surface area contributed by atoms with Gasteiger partial charge in [-0.15, -0.1) is 5.73 Å². The van der Waals surface area contributed by atoms with Crippen LogP contribution >= 0.6 is 0 Å². The lowest BCUT2D eigenvalue weighted by atomic mass is 10.0. The van der Waals surface area contributed by atoms with Gasteiger partial charge in [-0.3, -0.25) is 0 Å². The maximum atomic E-state index is 3.86. The third kappa shape index (κ3) is 15.7. The van der Waals surface area contributed by atoms with Crippen molar-refractivity contribution in [3.63, 3.8) is 0 Å². The minimum atomic E-state index is 1.24. The molecule has 0 aromatic heterocycles. The van der Waals surface area contributed by atoms with E-state index in [9.17, 15) is 0 Å². The second-order valence-corrected chi connectivity index (χ2v) is 6.52. The highest BCUT2D eigenvalue weighted by Crippen LogP contribution is 2.17. The minimum absolute atomic E-state index is 1.24. The Hall–Kier alpha value is -0.480. The first kappa shape index (κ1) is 20.5. The molecule has 0 bridgehead atoms. The topological polar surface area (TPSA) is 0 Å². The Balaban J connectivity index is 3.30. The summed E-state index contributed by atoms with van der Waals surface area (Å²) in [5.41, 5.74) is 4.65. The molecule has 0 N–H and O–H groups in total. The molecule has 0 spiro atoms. The molecule has 0 unspecified atom stereocenters. The predicted molar refractivity (Wildman–Crippen MR) is 97.9 cm³/mol. The molecule has 0 radical (unpaired) electrons. The maximum Gasteiger partial charge on any atom is -0.0244 e. The van der Waals surface area contributed by atoms with Crippen LogP contribution in [0.3, 0.4) is 0 Å². The zero-order chi connectivity index (χ0) is 15.6. The zero-order valence-corrected chi connectivity index (χ0v) is 15.0. The number of allylic oxidation sites excluding steroid dienone is 1. The summed E-state index contributed by atoms with van der Waals surface area (Å²) in [5, 5.41) is 0. The lowest BCUT2D eigenvalue weighted by molar-refractivity contribution is 0.553. The molecule has 0 fully saturated rings. The molecule has 0 aromatic carbocycles. The standard InChI is InChI=1S/C21H40/c1-4-7-9-11-12-13-14-15-16-18-20-21(6-3)19-17-10-8-5-2/h3-5,7-20H2,1-2H3. The average molecular weight is 293 g/mol. The van der Waals surface area contributed by atoms with E-state index in [0.29, 0.717) is 0 Å². The first-order valence-corrected chi connectivity index (χ1v) is 9.72. The fourth-order valence-electron chi connectivity index (χ4n) is 2.89. The van der Waals surface area contributed by atoms with E-state index in [4.69, 9.17) is 0 Å². The Morgan fingerprint density at radius 1 is 0.571 bits per heavy atom. The molecule has 21 heavy (non-hydrogen) atoms. The molecule has 0 aliphatic heterocycles. The van der Waals surface area contributed by atoms with Crippen LogP contribution in [-0.4, -0.2) is 0 Å². The van der Waals surface area contributed by atoms with Crippen LogP contribution in [0, 0.1) is 0 Å². The Kier molecular flexibility index (Phi) is 17.2. The maximum absolute atomic E-state index is 3.86. The van der Waals surface area contributed by atoms with Crippen LogP contribution in [0.5, 0.6) is 0 Å². The third-order valence-corrected chi connectivity index (χ3v) is 4.41. The van der Waals surface area contributed by atoms with Crippen molar-refractivity contribution in [2.45, 2.75) is 117 Å². The Labute approximate surface area is 135 Å². The number of unbranched alkanes of at least 4 members (excludes halogenated alkanes) is 12. The lowest BCUT2D eigenvalue weighted by Crippen LogP contribution is -1.86. The number of hydrogen-bond acceptors (Lipinski definition) is 0. The molecule has 0 atom stereocenters. The van der Waals surface area contributed by atoms with Gasteiger partial charge in [0.05, 0.1) is 0 Å². The van der Waals surface area contributed by atoms with Crippen molar-refractivity contribution in [1.29, 1.82) is 0 Å². The van der Waals surface area contributed by atoms with Gasteiger partial charge in [-0.05, 0) is 31.3 Å². The summed E-state index contributed by atoms with van der Waals surface area (Å²) >= 11 is 0. The number of hydrogen-bond donors (Lipinski definition) is 0. The third-order valence-electron chi connectivity index (χ3n) is 4.41. The summed E-state index contributed by atoms with van der Waals surface area (Å²) in [4.78, 5) is 0. The summed E-state index contributed by atoms with van der Waals surface area (Å²) in [6, 6.07) is 0. The Morgan fingerprint density at radius 2 is 0.905 bits per heavy atom. The number of rotatable bonds is 16. The van der Waals surface area contributed by atoms with Crippen LogP contribution in [0.15, 0.2) is 17.9 Å². The highest BCUT2D eigenvalue weighted by atomic mass is 14.0. The molecule has 0 saturated carbocycles. The summed E-state index contributed by atoms with van der Waals surface area (Å²) < 4.78 is 0. The smallest absolute Gasteiger partial charge is 0.0244 e. The van der Waals surface area contributed by atoms with Crippen LogP contribution < -0.4 is 0 Å². The second-order valence-electron chi connectivity index (χ2n) is 6.52. The van der Waals surface area contributed by atoms with Crippen LogP contribution in [-0.2, 0) is 0 Å². The van der Waals surface area contributed by atoms with Gasteiger partial charge in [0.15, 0.2) is 0 Å². The summed E-state index contributed by atoms with van der Waals surface area (Å²) in [6.07, 6.45) is 22.1. The molecule has 0 aromatic rings. The van der Waals surface area contributed by atoms with E-state index in [1.165, 1.54) is 108 Å². The summed E-state index contributed by atoms with van der Waals surface area (Å²) in [6.45, 7) is 8.42. The van der Waals surface area contributed by atoms with Gasteiger partial charge >= 0.3 is 0 Å². The molecule has 0 aliphatic carbocycles. The lowest BCUT2D eigenvalue weighted by Gasteiger charge is -2.05. The van der Waals surface area contributed by atoms with E-state index in [0.717, 1.165) is 0 Å². The van der Waals surface area contributed by atoms with Gasteiger partial charge < -0.3 is 0 Å². The first-order valence-electron chi connectivity index (χ1n) is 9.72. The van der Waals surface area contributed by atoms with E-state index in [1.807, 2.05) is 0 Å². The fourth-order valence-corrected chi connectivity index (χ4v) is 2.89. The van der Waals surface area contributed by atoms with Gasteiger partial charge in [-0.2, -0.15) is 0 Å². The van der Waals surface area contributed by atoms with E-state index in [1.54, 1.807) is 0 Å². The van der Waals surface area contributed by atoms with Crippen molar-refractivity contribution >= 4 is 0 Å². The molecule has 0 rings (SSSR count). The molecular weight excluding hydrogens is 252 g/mol. The monoisotopic (exact) mass is 292 g/mol. The van der Waals surface area contributed by atoms with Gasteiger partial charge in [0, 0.05) is 0 Å². The minimum Gasteiger partial charge on any atom is -0.130 e. The van der Waals surface area contributed by atoms with Crippen LogP contribution in [0.2, 0.25) is 0 Å². The normalized spacial score (nSPS) is 10.6. The Morgan fingerprint density at radius 3 is 1.29 bits per heavy atom. The fraction of sp³-hybridized carbons (Fsp3) is 0.857. The van der Waals surface area contributed by atoms with Crippen LogP contribution in [0.25, 0.3) is 0 Å². The van der Waals surface area contributed by atoms with Crippen LogP contribution in [0.1, 0.15) is 117 Å². The van der Waals surface area contributed by atoms with Crippen molar-refractivity contribution in [2.24, 2.45) is 0 Å². The SMILES string of the molecule is C=C=C(CCCCCC)CCCCCCCCCCCC. The van der Waals surface area contributed by atoms with Gasteiger partial charge in [0.1, 0.15) is 0 Å². The largest absolute Gasteiger partial charge is 0.130 e. The molecule has 0 aliphatic rings. The zero-order valence-electron chi connectivity index (χ0n) is 15.0. The van der Waals surface area contributed by atoms with Gasteiger partial charge in [-0.25, -0.2) is 0 Å². The van der Waals surface area contributed by atoms with E-state index in [-0.39, 0.29) is 0 Å². The molecule has 0 nitrogen and oxygen atoms in total. The van der Waals surface area contributed by atoms with Crippen molar-refractivity contribution in [2.75, 3.05) is 0 Å². The van der Waals surface area contributed by atoms with Crippen molar-refractivity contribution < 1.29 is 0 Å². The first-order chi connectivity index (χ1) is 10.3. The Bertz CT molecular complexity index is 245. The van der Waals surface area contributed by atoms with Gasteiger partial charge in [0.25, 0.3) is 0 Å². The highest BCUT2D eigenvalue weighted by molar-refractivity contribution is 4.98. The quantitative estimate of drug-likeness (QED) is 0.200.